The number of unbranched alkanes of at least 4 members (excludes halogenated alkanes) is 4. The first-order chi connectivity index (χ1) is 17.5. The van der Waals surface area contributed by atoms with Gasteiger partial charge in [-0.05, 0) is 91.8 Å². The number of hydrogen-bond acceptors (Lipinski definition) is 5. The van der Waals surface area contributed by atoms with Gasteiger partial charge in [-0.25, -0.2) is 4.98 Å². The van der Waals surface area contributed by atoms with Crippen LogP contribution in [0.25, 0.3) is 20.8 Å². The Labute approximate surface area is 221 Å². The Morgan fingerprint density at radius 2 is 1.72 bits per heavy atom. The molecule has 36 heavy (non-hydrogen) atoms. The minimum atomic E-state index is -0.264. The van der Waals surface area contributed by atoms with E-state index in [1.807, 2.05) is 36.4 Å². The summed E-state index contributed by atoms with van der Waals surface area (Å²) in [6, 6.07) is 21.3. The lowest BCUT2D eigenvalue weighted by Gasteiger charge is -2.11. The largest absolute Gasteiger partial charge is 0.494 e. The number of nitrogens with one attached hydrogen (secondary N) is 2. The lowest BCUT2D eigenvalue weighted by molar-refractivity contribution is 0.0977. The first-order valence-corrected chi connectivity index (χ1v) is 13.6. The van der Waals surface area contributed by atoms with E-state index < -0.39 is 0 Å². The predicted molar refractivity (Wildman–Crippen MR) is 154 cm³/mol. The van der Waals surface area contributed by atoms with Crippen LogP contribution in [0.2, 0.25) is 0 Å². The van der Waals surface area contributed by atoms with E-state index in [2.05, 4.69) is 42.7 Å². The Bertz CT molecular complexity index is 1310. The van der Waals surface area contributed by atoms with Crippen LogP contribution in [-0.4, -0.2) is 22.6 Å². The average molecular weight is 518 g/mol. The SMILES string of the molecule is CCCCCCCOc1ccc(C(=O)NC(=S)Nc2ccc(-c3nc4ccc(C)cc4s3)cc2)cc1. The Balaban J connectivity index is 1.26. The maximum absolute atomic E-state index is 12.6. The molecule has 0 bridgehead atoms. The van der Waals surface area contributed by atoms with E-state index in [4.69, 9.17) is 21.9 Å². The van der Waals surface area contributed by atoms with Gasteiger partial charge < -0.3 is 10.1 Å². The Kier molecular flexibility index (Phi) is 9.03. The van der Waals surface area contributed by atoms with Crippen LogP contribution in [0, 0.1) is 6.92 Å². The van der Waals surface area contributed by atoms with Gasteiger partial charge in [-0.2, -0.15) is 0 Å². The molecule has 0 unspecified atom stereocenters. The van der Waals surface area contributed by atoms with Crippen molar-refractivity contribution >= 4 is 50.5 Å². The number of thiazole rings is 1. The molecule has 0 fully saturated rings. The Hall–Kier alpha value is -3.29. The fourth-order valence-corrected chi connectivity index (χ4v) is 5.07. The minimum Gasteiger partial charge on any atom is -0.494 e. The molecular weight excluding hydrogens is 486 g/mol. The highest BCUT2D eigenvalue weighted by Gasteiger charge is 2.10. The molecule has 0 atom stereocenters. The molecule has 1 amide bonds. The molecular formula is C29H31N3O2S2. The summed E-state index contributed by atoms with van der Waals surface area (Å²) in [5.41, 5.74) is 4.59. The third kappa shape index (κ3) is 7.12. The van der Waals surface area contributed by atoms with E-state index in [0.717, 1.165) is 33.9 Å². The predicted octanol–water partition coefficient (Wildman–Crippen LogP) is 7.75. The molecule has 2 N–H and O–H groups in total. The van der Waals surface area contributed by atoms with Crippen LogP contribution in [0.5, 0.6) is 5.75 Å². The molecule has 4 rings (SSSR count). The van der Waals surface area contributed by atoms with Crippen LogP contribution < -0.4 is 15.4 Å². The number of amides is 1. The van der Waals surface area contributed by atoms with Crippen LogP contribution in [0.1, 0.15) is 54.9 Å². The number of fused-ring (bicyclic) bond motifs is 1. The summed E-state index contributed by atoms with van der Waals surface area (Å²) in [5.74, 6) is 0.506. The average Bonchev–Trinajstić information content (AvgIpc) is 3.30. The zero-order valence-electron chi connectivity index (χ0n) is 20.7. The van der Waals surface area contributed by atoms with Gasteiger partial charge >= 0.3 is 0 Å². The molecule has 7 heteroatoms. The molecule has 186 valence electrons. The number of thiocarbonyl (C=S) groups is 1. The third-order valence-electron chi connectivity index (χ3n) is 5.79. The second-order valence-corrected chi connectivity index (χ2v) is 10.2. The zero-order valence-corrected chi connectivity index (χ0v) is 22.3. The smallest absolute Gasteiger partial charge is 0.257 e. The van der Waals surface area contributed by atoms with Gasteiger partial charge in [0.05, 0.1) is 16.8 Å². The van der Waals surface area contributed by atoms with E-state index in [1.54, 1.807) is 23.5 Å². The number of ether oxygens (including phenoxy) is 1. The molecule has 5 nitrogen and oxygen atoms in total. The normalized spacial score (nSPS) is 10.8. The summed E-state index contributed by atoms with van der Waals surface area (Å²) >= 11 is 7.02. The monoisotopic (exact) mass is 517 g/mol. The van der Waals surface area contributed by atoms with Gasteiger partial charge in [-0.3, -0.25) is 10.1 Å². The molecule has 1 heterocycles. The van der Waals surface area contributed by atoms with Gasteiger partial charge in [0, 0.05) is 16.8 Å². The van der Waals surface area contributed by atoms with Crippen molar-refractivity contribution in [3.8, 4) is 16.3 Å². The lowest BCUT2D eigenvalue weighted by atomic mass is 10.2. The summed E-state index contributed by atoms with van der Waals surface area (Å²) in [6.45, 7) is 4.99. The van der Waals surface area contributed by atoms with Gasteiger partial charge in [0.25, 0.3) is 5.91 Å². The maximum atomic E-state index is 12.6. The fraction of sp³-hybridized carbons (Fsp3) is 0.276. The highest BCUT2D eigenvalue weighted by Crippen LogP contribution is 2.31. The van der Waals surface area contributed by atoms with Crippen LogP contribution in [0.15, 0.2) is 66.7 Å². The highest BCUT2D eigenvalue weighted by atomic mass is 32.1. The van der Waals surface area contributed by atoms with Gasteiger partial charge in [0.15, 0.2) is 5.11 Å². The van der Waals surface area contributed by atoms with Gasteiger partial charge in [-0.1, -0.05) is 38.7 Å². The molecule has 0 aliphatic heterocycles. The molecule has 0 aliphatic rings. The second-order valence-electron chi connectivity index (χ2n) is 8.76. The summed E-state index contributed by atoms with van der Waals surface area (Å²) in [5, 5.41) is 7.03. The van der Waals surface area contributed by atoms with Crippen LogP contribution in [-0.2, 0) is 0 Å². The van der Waals surface area contributed by atoms with Crippen LogP contribution >= 0.6 is 23.6 Å². The number of nitrogens with zero attached hydrogens (tertiary/aromatic N) is 1. The lowest BCUT2D eigenvalue weighted by Crippen LogP contribution is -2.34. The van der Waals surface area contributed by atoms with Gasteiger partial charge in [0.1, 0.15) is 10.8 Å². The van der Waals surface area contributed by atoms with Crippen LogP contribution in [0.4, 0.5) is 5.69 Å². The van der Waals surface area contributed by atoms with E-state index >= 15 is 0 Å². The summed E-state index contributed by atoms with van der Waals surface area (Å²) in [7, 11) is 0. The maximum Gasteiger partial charge on any atom is 0.257 e. The quantitative estimate of drug-likeness (QED) is 0.166. The number of aromatic nitrogens is 1. The van der Waals surface area contributed by atoms with Crippen molar-refractivity contribution in [2.45, 2.75) is 46.0 Å². The number of carbonyl (C=O) groups excluding carboxylic acids is 1. The van der Waals surface area contributed by atoms with E-state index in [9.17, 15) is 4.79 Å². The molecule has 3 aromatic carbocycles. The van der Waals surface area contributed by atoms with Crippen molar-refractivity contribution in [1.82, 2.24) is 10.3 Å². The first-order valence-electron chi connectivity index (χ1n) is 12.3. The van der Waals surface area contributed by atoms with E-state index in [-0.39, 0.29) is 11.0 Å². The van der Waals surface area contributed by atoms with Crippen molar-refractivity contribution in [3.63, 3.8) is 0 Å². The number of anilines is 1. The molecule has 4 aromatic rings. The van der Waals surface area contributed by atoms with E-state index in [1.165, 1.54) is 35.9 Å². The molecule has 0 saturated carbocycles. The van der Waals surface area contributed by atoms with Gasteiger partial charge in [-0.15, -0.1) is 11.3 Å². The summed E-state index contributed by atoms with van der Waals surface area (Å²) in [4.78, 5) is 17.3. The van der Waals surface area contributed by atoms with Crippen molar-refractivity contribution in [2.75, 3.05) is 11.9 Å². The van der Waals surface area contributed by atoms with Crippen molar-refractivity contribution in [3.05, 3.63) is 77.9 Å². The number of aryl methyl sites for hydroxylation is 1. The number of benzene rings is 3. The molecule has 0 radical (unpaired) electrons. The molecule has 0 aliphatic carbocycles. The minimum absolute atomic E-state index is 0.246. The Morgan fingerprint density at radius 3 is 2.47 bits per heavy atom. The van der Waals surface area contributed by atoms with Crippen molar-refractivity contribution in [2.24, 2.45) is 0 Å². The van der Waals surface area contributed by atoms with Crippen molar-refractivity contribution in [1.29, 1.82) is 0 Å². The highest BCUT2D eigenvalue weighted by molar-refractivity contribution is 7.80. The van der Waals surface area contributed by atoms with Crippen LogP contribution in [0.3, 0.4) is 0 Å². The zero-order chi connectivity index (χ0) is 25.3. The second kappa shape index (κ2) is 12.6. The standard InChI is InChI=1S/C29H31N3O2S2/c1-3-4-5-6-7-18-34-24-15-11-21(12-16-24)27(33)32-29(35)30-23-13-9-22(10-14-23)28-31-25-17-8-20(2)19-26(25)36-28/h8-17,19H,3-7,18H2,1-2H3,(H2,30,32,33,35). The molecule has 1 aromatic heterocycles. The molecule has 0 saturated heterocycles. The first kappa shape index (κ1) is 25.8. The number of hydrogen-bond donors (Lipinski definition) is 2. The van der Waals surface area contributed by atoms with Crippen molar-refractivity contribution < 1.29 is 9.53 Å². The Morgan fingerprint density at radius 1 is 0.972 bits per heavy atom. The molecule has 0 spiro atoms. The summed E-state index contributed by atoms with van der Waals surface area (Å²) in [6.07, 6.45) is 5.99. The van der Waals surface area contributed by atoms with Gasteiger partial charge in [0.2, 0.25) is 0 Å². The number of carbonyl (C=O) groups is 1. The summed E-state index contributed by atoms with van der Waals surface area (Å²) < 4.78 is 6.95. The van der Waals surface area contributed by atoms with E-state index in [0.29, 0.717) is 12.2 Å². The topological polar surface area (TPSA) is 63.2 Å². The number of rotatable bonds is 10. The third-order valence-corrected chi connectivity index (χ3v) is 7.07. The fourth-order valence-electron chi connectivity index (χ4n) is 3.79.